The first-order valence-electron chi connectivity index (χ1n) is 6.81. The Bertz CT molecular complexity index is 421. The number of carbonyl (C=O) groups is 2. The predicted molar refractivity (Wildman–Crippen MR) is 73.1 cm³/mol. The van der Waals surface area contributed by atoms with Gasteiger partial charge in [0.1, 0.15) is 0 Å². The molecule has 0 saturated carbocycles. The van der Waals surface area contributed by atoms with E-state index in [1.807, 2.05) is 0 Å². The molecule has 0 N–H and O–H groups in total. The third kappa shape index (κ3) is 3.84. The summed E-state index contributed by atoms with van der Waals surface area (Å²) in [5.74, 6) is -0.000752. The number of rotatable bonds is 5. The smallest absolute Gasteiger partial charge is 0.287 e. The summed E-state index contributed by atoms with van der Waals surface area (Å²) >= 11 is 0. The first kappa shape index (κ1) is 14.6. The van der Waals surface area contributed by atoms with Crippen molar-refractivity contribution in [2.24, 2.45) is 16.1 Å². The minimum Gasteiger partial charge on any atom is -0.377 e. The van der Waals surface area contributed by atoms with Crippen LogP contribution >= 0.6 is 0 Å². The summed E-state index contributed by atoms with van der Waals surface area (Å²) in [5.41, 5.74) is 0. The van der Waals surface area contributed by atoms with Gasteiger partial charge in [-0.25, -0.2) is 0 Å². The van der Waals surface area contributed by atoms with Gasteiger partial charge in [0, 0.05) is 25.8 Å². The number of nitrogens with zero attached hydrogens (tertiary/aromatic N) is 3. The molecule has 2 aliphatic heterocycles. The summed E-state index contributed by atoms with van der Waals surface area (Å²) in [6, 6.07) is -0.638. The van der Waals surface area contributed by atoms with E-state index in [2.05, 4.69) is 16.8 Å². The SMILES string of the molecule is C=CCOCC1CCN(C(=O)C2C=CC(=O)N=N2)CC1. The summed E-state index contributed by atoms with van der Waals surface area (Å²) in [5, 5.41) is 7.14. The minimum atomic E-state index is -0.638. The van der Waals surface area contributed by atoms with Crippen LogP contribution in [0.5, 0.6) is 0 Å². The van der Waals surface area contributed by atoms with Crippen molar-refractivity contribution in [2.75, 3.05) is 26.3 Å². The van der Waals surface area contributed by atoms with Crippen molar-refractivity contribution in [1.29, 1.82) is 0 Å². The van der Waals surface area contributed by atoms with Crippen LogP contribution in [0.4, 0.5) is 0 Å². The molecule has 1 fully saturated rings. The Kier molecular flexibility index (Phi) is 5.17. The number of piperidine rings is 1. The van der Waals surface area contributed by atoms with E-state index in [9.17, 15) is 9.59 Å². The second-order valence-electron chi connectivity index (χ2n) is 4.95. The summed E-state index contributed by atoms with van der Waals surface area (Å²) in [6.07, 6.45) is 6.40. The molecule has 1 atom stereocenters. The highest BCUT2D eigenvalue weighted by atomic mass is 16.5. The van der Waals surface area contributed by atoms with E-state index in [1.165, 1.54) is 12.2 Å². The van der Waals surface area contributed by atoms with Gasteiger partial charge in [-0.2, -0.15) is 5.11 Å². The van der Waals surface area contributed by atoms with E-state index in [4.69, 9.17) is 4.74 Å². The Morgan fingerprint density at radius 3 is 2.85 bits per heavy atom. The Morgan fingerprint density at radius 1 is 1.50 bits per heavy atom. The van der Waals surface area contributed by atoms with E-state index in [1.54, 1.807) is 11.0 Å². The molecule has 2 aliphatic rings. The van der Waals surface area contributed by atoms with Crippen LogP contribution in [0.25, 0.3) is 0 Å². The molecule has 2 rings (SSSR count). The van der Waals surface area contributed by atoms with Crippen molar-refractivity contribution in [3.8, 4) is 0 Å². The van der Waals surface area contributed by atoms with Crippen molar-refractivity contribution in [3.05, 3.63) is 24.8 Å². The van der Waals surface area contributed by atoms with Gasteiger partial charge in [-0.15, -0.1) is 11.7 Å². The fourth-order valence-electron chi connectivity index (χ4n) is 2.32. The summed E-state index contributed by atoms with van der Waals surface area (Å²) in [6.45, 7) is 6.30. The Labute approximate surface area is 118 Å². The van der Waals surface area contributed by atoms with Crippen molar-refractivity contribution in [3.63, 3.8) is 0 Å². The molecule has 0 aromatic carbocycles. The molecule has 20 heavy (non-hydrogen) atoms. The number of carbonyl (C=O) groups excluding carboxylic acids is 2. The average Bonchev–Trinajstić information content (AvgIpc) is 2.48. The number of hydrogen-bond acceptors (Lipinski definition) is 4. The first-order valence-corrected chi connectivity index (χ1v) is 6.81. The molecule has 0 bridgehead atoms. The predicted octanol–water partition coefficient (Wildman–Crippen LogP) is 1.34. The van der Waals surface area contributed by atoms with E-state index in [0.717, 1.165) is 12.8 Å². The van der Waals surface area contributed by atoms with Gasteiger partial charge in [0.25, 0.3) is 11.8 Å². The molecule has 6 heteroatoms. The fourth-order valence-corrected chi connectivity index (χ4v) is 2.32. The van der Waals surface area contributed by atoms with Gasteiger partial charge in [0.05, 0.1) is 6.61 Å². The summed E-state index contributed by atoms with van der Waals surface area (Å²) < 4.78 is 5.44. The van der Waals surface area contributed by atoms with Crippen LogP contribution in [-0.2, 0) is 14.3 Å². The van der Waals surface area contributed by atoms with Crippen LogP contribution < -0.4 is 0 Å². The van der Waals surface area contributed by atoms with Crippen molar-refractivity contribution in [2.45, 2.75) is 18.9 Å². The zero-order chi connectivity index (χ0) is 14.4. The van der Waals surface area contributed by atoms with Gasteiger partial charge in [-0.05, 0) is 24.8 Å². The molecule has 2 amide bonds. The third-order valence-corrected chi connectivity index (χ3v) is 3.47. The highest BCUT2D eigenvalue weighted by Gasteiger charge is 2.28. The Balaban J connectivity index is 1.77. The van der Waals surface area contributed by atoms with Gasteiger partial charge in [0.15, 0.2) is 6.04 Å². The topological polar surface area (TPSA) is 71.3 Å². The monoisotopic (exact) mass is 277 g/mol. The van der Waals surface area contributed by atoms with Gasteiger partial charge in [-0.1, -0.05) is 6.08 Å². The summed E-state index contributed by atoms with van der Waals surface area (Å²) in [7, 11) is 0. The lowest BCUT2D eigenvalue weighted by Crippen LogP contribution is -2.43. The lowest BCUT2D eigenvalue weighted by Gasteiger charge is -2.32. The number of ether oxygens (including phenoxy) is 1. The van der Waals surface area contributed by atoms with Gasteiger partial charge < -0.3 is 9.64 Å². The molecule has 1 unspecified atom stereocenters. The summed E-state index contributed by atoms with van der Waals surface area (Å²) in [4.78, 5) is 24.9. The standard InChI is InChI=1S/C14H19N3O3/c1-2-9-20-10-11-5-7-17(8-6-11)14(19)12-3-4-13(18)16-15-12/h2-4,11-12H,1,5-10H2. The lowest BCUT2D eigenvalue weighted by molar-refractivity contribution is -0.133. The van der Waals surface area contributed by atoms with E-state index in [-0.39, 0.29) is 5.91 Å². The molecule has 1 saturated heterocycles. The zero-order valence-electron chi connectivity index (χ0n) is 11.4. The highest BCUT2D eigenvalue weighted by molar-refractivity contribution is 5.92. The maximum absolute atomic E-state index is 12.2. The number of likely N-dealkylation sites (tertiary alicyclic amines) is 1. The molecule has 0 aromatic rings. The minimum absolute atomic E-state index is 0.0806. The normalized spacial score (nSPS) is 23.1. The van der Waals surface area contributed by atoms with E-state index < -0.39 is 11.9 Å². The van der Waals surface area contributed by atoms with Crippen LogP contribution in [0, 0.1) is 5.92 Å². The highest BCUT2D eigenvalue weighted by Crippen LogP contribution is 2.19. The van der Waals surface area contributed by atoms with Crippen LogP contribution in [0.1, 0.15) is 12.8 Å². The fraction of sp³-hybridized carbons (Fsp3) is 0.571. The second kappa shape index (κ2) is 7.09. The molecule has 0 radical (unpaired) electrons. The molecule has 108 valence electrons. The molecule has 6 nitrogen and oxygen atoms in total. The molecular formula is C14H19N3O3. The molecule has 0 spiro atoms. The maximum Gasteiger partial charge on any atom is 0.287 e. The van der Waals surface area contributed by atoms with Crippen molar-refractivity contribution in [1.82, 2.24) is 4.90 Å². The van der Waals surface area contributed by atoms with E-state index >= 15 is 0 Å². The first-order chi connectivity index (χ1) is 9.70. The van der Waals surface area contributed by atoms with Crippen LogP contribution in [0.15, 0.2) is 35.0 Å². The quantitative estimate of drug-likeness (QED) is 0.562. The van der Waals surface area contributed by atoms with E-state index in [0.29, 0.717) is 32.2 Å². The number of hydrogen-bond donors (Lipinski definition) is 0. The van der Waals surface area contributed by atoms with Gasteiger partial charge >= 0.3 is 0 Å². The van der Waals surface area contributed by atoms with Gasteiger partial charge in [0.2, 0.25) is 0 Å². The largest absolute Gasteiger partial charge is 0.377 e. The maximum atomic E-state index is 12.2. The van der Waals surface area contributed by atoms with Gasteiger partial charge in [-0.3, -0.25) is 9.59 Å². The van der Waals surface area contributed by atoms with Crippen LogP contribution in [0.2, 0.25) is 0 Å². The average molecular weight is 277 g/mol. The Morgan fingerprint density at radius 2 is 2.25 bits per heavy atom. The van der Waals surface area contributed by atoms with Crippen LogP contribution in [0.3, 0.4) is 0 Å². The molecule has 0 aliphatic carbocycles. The number of azo groups is 1. The van der Waals surface area contributed by atoms with Crippen LogP contribution in [-0.4, -0.2) is 49.1 Å². The van der Waals surface area contributed by atoms with Crippen molar-refractivity contribution < 1.29 is 14.3 Å². The van der Waals surface area contributed by atoms with Crippen molar-refractivity contribution >= 4 is 11.8 Å². The molecule has 0 aromatic heterocycles. The lowest BCUT2D eigenvalue weighted by atomic mass is 9.97. The zero-order valence-corrected chi connectivity index (χ0v) is 11.4. The second-order valence-corrected chi connectivity index (χ2v) is 4.95. The Hall–Kier alpha value is -1.82. The molecule has 2 heterocycles. The third-order valence-electron chi connectivity index (χ3n) is 3.47. The number of amides is 2. The molecular weight excluding hydrogens is 258 g/mol.